The maximum absolute atomic E-state index is 12.1. The van der Waals surface area contributed by atoms with Crippen molar-refractivity contribution in [3.05, 3.63) is 76.1 Å². The molecule has 26 heavy (non-hydrogen) atoms. The van der Waals surface area contributed by atoms with Gasteiger partial charge < -0.3 is 14.5 Å². The second-order valence-corrected chi connectivity index (χ2v) is 6.09. The van der Waals surface area contributed by atoms with Crippen LogP contribution in [0.5, 0.6) is 5.75 Å². The number of rotatable bonds is 6. The lowest BCUT2D eigenvalue weighted by Gasteiger charge is -2.14. The fourth-order valence-electron chi connectivity index (χ4n) is 2.85. The summed E-state index contributed by atoms with van der Waals surface area (Å²) >= 11 is 0. The van der Waals surface area contributed by atoms with Gasteiger partial charge in [0.1, 0.15) is 11.3 Å². The Kier molecular flexibility index (Phi) is 5.37. The average Bonchev–Trinajstić information content (AvgIpc) is 2.66. The van der Waals surface area contributed by atoms with Gasteiger partial charge in [-0.15, -0.1) is 0 Å². The molecule has 0 saturated carbocycles. The molecular formula is C21H21NO4. The Balaban J connectivity index is 1.66. The van der Waals surface area contributed by atoms with Crippen LogP contribution in [0.3, 0.4) is 0 Å². The van der Waals surface area contributed by atoms with Crippen LogP contribution in [-0.2, 0) is 11.2 Å². The Morgan fingerprint density at radius 2 is 1.92 bits per heavy atom. The van der Waals surface area contributed by atoms with Crippen molar-refractivity contribution in [1.29, 1.82) is 0 Å². The van der Waals surface area contributed by atoms with Gasteiger partial charge in [-0.25, -0.2) is 4.79 Å². The van der Waals surface area contributed by atoms with Crippen molar-refractivity contribution in [2.24, 2.45) is 0 Å². The molecule has 0 radical (unpaired) electrons. The Labute approximate surface area is 151 Å². The molecular weight excluding hydrogens is 330 g/mol. The molecule has 1 aromatic heterocycles. The van der Waals surface area contributed by atoms with Gasteiger partial charge in [0.25, 0.3) is 5.91 Å². The zero-order valence-corrected chi connectivity index (χ0v) is 14.8. The van der Waals surface area contributed by atoms with Crippen LogP contribution in [0.25, 0.3) is 11.0 Å². The van der Waals surface area contributed by atoms with Gasteiger partial charge in [0.05, 0.1) is 6.04 Å². The molecule has 0 bridgehead atoms. The summed E-state index contributed by atoms with van der Waals surface area (Å²) in [5.74, 6) is 0.265. The first kappa shape index (κ1) is 17.7. The molecule has 1 N–H and O–H groups in total. The summed E-state index contributed by atoms with van der Waals surface area (Å²) in [6.45, 7) is 3.79. The Bertz CT molecular complexity index is 963. The Morgan fingerprint density at radius 3 is 2.65 bits per heavy atom. The Morgan fingerprint density at radius 1 is 1.15 bits per heavy atom. The third-order valence-corrected chi connectivity index (χ3v) is 4.23. The van der Waals surface area contributed by atoms with Crippen molar-refractivity contribution < 1.29 is 13.9 Å². The lowest BCUT2D eigenvalue weighted by molar-refractivity contribution is -0.123. The van der Waals surface area contributed by atoms with Gasteiger partial charge in [-0.2, -0.15) is 0 Å². The number of amides is 1. The molecule has 1 amide bonds. The summed E-state index contributed by atoms with van der Waals surface area (Å²) in [6.07, 6.45) is 0.738. The fourth-order valence-corrected chi connectivity index (χ4v) is 2.85. The molecule has 3 aromatic rings. The molecule has 0 aliphatic carbocycles. The molecule has 0 fully saturated rings. The Hall–Kier alpha value is -3.08. The maximum atomic E-state index is 12.1. The first-order valence-electron chi connectivity index (χ1n) is 8.60. The minimum Gasteiger partial charge on any atom is -0.484 e. The number of hydrogen-bond donors (Lipinski definition) is 1. The van der Waals surface area contributed by atoms with E-state index in [-0.39, 0.29) is 24.2 Å². The zero-order chi connectivity index (χ0) is 18.5. The van der Waals surface area contributed by atoms with E-state index in [2.05, 4.69) is 5.32 Å². The van der Waals surface area contributed by atoms with Gasteiger partial charge in [0, 0.05) is 17.5 Å². The van der Waals surface area contributed by atoms with Gasteiger partial charge in [-0.05, 0) is 36.6 Å². The number of aryl methyl sites for hydroxylation is 1. The van der Waals surface area contributed by atoms with E-state index in [1.165, 1.54) is 6.07 Å². The van der Waals surface area contributed by atoms with Crippen LogP contribution in [0.1, 0.15) is 31.0 Å². The molecule has 0 aliphatic rings. The molecule has 0 aliphatic heterocycles. The first-order valence-corrected chi connectivity index (χ1v) is 8.60. The normalized spacial score (nSPS) is 11.9. The lowest BCUT2D eigenvalue weighted by Crippen LogP contribution is -2.31. The van der Waals surface area contributed by atoms with E-state index in [4.69, 9.17) is 9.15 Å². The number of fused-ring (bicyclic) bond motifs is 1. The second kappa shape index (κ2) is 7.87. The molecule has 1 heterocycles. The molecule has 5 nitrogen and oxygen atoms in total. The van der Waals surface area contributed by atoms with Crippen LogP contribution in [0.15, 0.2) is 63.8 Å². The van der Waals surface area contributed by atoms with E-state index >= 15 is 0 Å². The number of nitrogens with one attached hydrogen (secondary N) is 1. The largest absolute Gasteiger partial charge is 0.484 e. The van der Waals surface area contributed by atoms with E-state index in [1.807, 2.05) is 50.2 Å². The summed E-state index contributed by atoms with van der Waals surface area (Å²) in [7, 11) is 0. The standard InChI is InChI=1S/C21H21NO4/c1-3-15-11-21(24)26-19-12-17(9-10-18(15)19)25-13-20(23)22-14(2)16-7-5-4-6-8-16/h4-12,14H,3,13H2,1-2H3,(H,22,23)/t14-/m1/s1. The molecule has 134 valence electrons. The van der Waals surface area contributed by atoms with Crippen LogP contribution in [0.2, 0.25) is 0 Å². The van der Waals surface area contributed by atoms with Crippen LogP contribution in [0.4, 0.5) is 0 Å². The van der Waals surface area contributed by atoms with Gasteiger partial charge in [-0.3, -0.25) is 4.79 Å². The third kappa shape index (κ3) is 4.11. The molecule has 0 saturated heterocycles. The average molecular weight is 351 g/mol. The van der Waals surface area contributed by atoms with Crippen LogP contribution < -0.4 is 15.7 Å². The number of carbonyl (C=O) groups excluding carboxylic acids is 1. The smallest absolute Gasteiger partial charge is 0.336 e. The van der Waals surface area contributed by atoms with Gasteiger partial charge in [0.2, 0.25) is 0 Å². The monoisotopic (exact) mass is 351 g/mol. The summed E-state index contributed by atoms with van der Waals surface area (Å²) in [5.41, 5.74) is 2.03. The molecule has 1 atom stereocenters. The van der Waals surface area contributed by atoms with E-state index in [9.17, 15) is 9.59 Å². The van der Waals surface area contributed by atoms with Gasteiger partial charge in [-0.1, -0.05) is 37.3 Å². The number of benzene rings is 2. The van der Waals surface area contributed by atoms with Gasteiger partial charge >= 0.3 is 5.63 Å². The topological polar surface area (TPSA) is 68.5 Å². The summed E-state index contributed by atoms with van der Waals surface area (Å²) in [6, 6.07) is 16.4. The van der Waals surface area contributed by atoms with E-state index in [0.29, 0.717) is 11.3 Å². The zero-order valence-electron chi connectivity index (χ0n) is 14.8. The molecule has 5 heteroatoms. The molecule has 2 aromatic carbocycles. The molecule has 0 spiro atoms. The second-order valence-electron chi connectivity index (χ2n) is 6.09. The predicted molar refractivity (Wildman–Crippen MR) is 100 cm³/mol. The van der Waals surface area contributed by atoms with E-state index in [1.54, 1.807) is 12.1 Å². The van der Waals surface area contributed by atoms with Gasteiger partial charge in [0.15, 0.2) is 6.61 Å². The summed E-state index contributed by atoms with van der Waals surface area (Å²) in [4.78, 5) is 23.7. The predicted octanol–water partition coefficient (Wildman–Crippen LogP) is 3.61. The quantitative estimate of drug-likeness (QED) is 0.689. The molecule has 3 rings (SSSR count). The van der Waals surface area contributed by atoms with Crippen molar-refractivity contribution in [1.82, 2.24) is 5.32 Å². The highest BCUT2D eigenvalue weighted by atomic mass is 16.5. The van der Waals surface area contributed by atoms with Crippen LogP contribution >= 0.6 is 0 Å². The number of carbonyl (C=O) groups is 1. The molecule has 0 unspecified atom stereocenters. The van der Waals surface area contributed by atoms with E-state index in [0.717, 1.165) is 22.9 Å². The number of ether oxygens (including phenoxy) is 1. The highest BCUT2D eigenvalue weighted by molar-refractivity contribution is 5.82. The SMILES string of the molecule is CCc1cc(=O)oc2cc(OCC(=O)N[C@H](C)c3ccccc3)ccc12. The van der Waals surface area contributed by atoms with E-state index < -0.39 is 0 Å². The van der Waals surface area contributed by atoms with Crippen molar-refractivity contribution in [2.45, 2.75) is 26.3 Å². The minimum absolute atomic E-state index is 0.103. The van der Waals surface area contributed by atoms with Crippen molar-refractivity contribution in [2.75, 3.05) is 6.61 Å². The van der Waals surface area contributed by atoms with Crippen LogP contribution in [-0.4, -0.2) is 12.5 Å². The summed E-state index contributed by atoms with van der Waals surface area (Å²) in [5, 5.41) is 3.77. The fraction of sp³-hybridized carbons (Fsp3) is 0.238. The van der Waals surface area contributed by atoms with Crippen LogP contribution in [0, 0.1) is 0 Å². The van der Waals surface area contributed by atoms with Crippen molar-refractivity contribution in [3.8, 4) is 5.75 Å². The highest BCUT2D eigenvalue weighted by Gasteiger charge is 2.11. The number of hydrogen-bond acceptors (Lipinski definition) is 4. The third-order valence-electron chi connectivity index (χ3n) is 4.23. The lowest BCUT2D eigenvalue weighted by atomic mass is 10.1. The maximum Gasteiger partial charge on any atom is 0.336 e. The highest BCUT2D eigenvalue weighted by Crippen LogP contribution is 2.23. The van der Waals surface area contributed by atoms with Crippen molar-refractivity contribution >= 4 is 16.9 Å². The van der Waals surface area contributed by atoms with Crippen molar-refractivity contribution in [3.63, 3.8) is 0 Å². The minimum atomic E-state index is -0.388. The first-order chi connectivity index (χ1) is 12.6. The summed E-state index contributed by atoms with van der Waals surface area (Å²) < 4.78 is 10.8.